The maximum Gasteiger partial charge on any atom is 0.262 e. The van der Waals surface area contributed by atoms with Crippen molar-refractivity contribution in [3.8, 4) is 0 Å². The average Bonchev–Trinajstić information content (AvgIpc) is 2.70. The molecule has 0 unspecified atom stereocenters. The van der Waals surface area contributed by atoms with Gasteiger partial charge in [-0.25, -0.2) is 4.98 Å². The maximum absolute atomic E-state index is 13.1. The molecule has 152 valence electrons. The number of carbonyl (C=O) groups is 1. The lowest BCUT2D eigenvalue weighted by molar-refractivity contribution is -0.118. The highest BCUT2D eigenvalue weighted by molar-refractivity contribution is 7.99. The highest BCUT2D eigenvalue weighted by Gasteiger charge is 2.14. The molecular formula is C22H24ClN3O2S. The fourth-order valence-electron chi connectivity index (χ4n) is 2.85. The second-order valence-corrected chi connectivity index (χ2v) is 8.63. The number of nitrogens with one attached hydrogen (secondary N) is 1. The van der Waals surface area contributed by atoms with Crippen molar-refractivity contribution in [2.75, 3.05) is 12.3 Å². The summed E-state index contributed by atoms with van der Waals surface area (Å²) in [5.74, 6) is 0.689. The first-order valence-corrected chi connectivity index (χ1v) is 10.9. The summed E-state index contributed by atoms with van der Waals surface area (Å²) in [5.41, 5.74) is 1.46. The molecule has 1 amide bonds. The third-order valence-corrected chi connectivity index (χ3v) is 5.69. The molecule has 29 heavy (non-hydrogen) atoms. The molecule has 0 aliphatic heterocycles. The zero-order valence-electron chi connectivity index (χ0n) is 16.5. The van der Waals surface area contributed by atoms with Gasteiger partial charge in [0.05, 0.1) is 23.2 Å². The van der Waals surface area contributed by atoms with Crippen molar-refractivity contribution in [1.29, 1.82) is 0 Å². The van der Waals surface area contributed by atoms with E-state index in [-0.39, 0.29) is 17.2 Å². The van der Waals surface area contributed by atoms with E-state index in [4.69, 9.17) is 11.6 Å². The van der Waals surface area contributed by atoms with Crippen LogP contribution in [0.5, 0.6) is 0 Å². The van der Waals surface area contributed by atoms with Crippen molar-refractivity contribution in [3.63, 3.8) is 0 Å². The SMILES string of the molecule is CC(C)CCNC(=O)CSc1nc2ccccc2c(=O)n1Cc1ccc(Cl)cc1. The number of benzene rings is 2. The smallest absolute Gasteiger partial charge is 0.262 e. The monoisotopic (exact) mass is 429 g/mol. The van der Waals surface area contributed by atoms with Crippen molar-refractivity contribution >= 4 is 40.2 Å². The quantitative estimate of drug-likeness (QED) is 0.427. The molecule has 1 aromatic heterocycles. The summed E-state index contributed by atoms with van der Waals surface area (Å²) in [5, 5.41) is 4.66. The lowest BCUT2D eigenvalue weighted by Gasteiger charge is -2.13. The molecule has 3 rings (SSSR count). The average molecular weight is 430 g/mol. The number of nitrogens with zero attached hydrogens (tertiary/aromatic N) is 2. The van der Waals surface area contributed by atoms with Crippen LogP contribution in [-0.2, 0) is 11.3 Å². The lowest BCUT2D eigenvalue weighted by atomic mass is 10.1. The number of halogens is 1. The summed E-state index contributed by atoms with van der Waals surface area (Å²) >= 11 is 7.25. The molecule has 0 atom stereocenters. The van der Waals surface area contributed by atoms with Crippen molar-refractivity contribution in [2.24, 2.45) is 5.92 Å². The van der Waals surface area contributed by atoms with Crippen molar-refractivity contribution < 1.29 is 4.79 Å². The molecular weight excluding hydrogens is 406 g/mol. The van der Waals surface area contributed by atoms with Crippen LogP contribution in [0.2, 0.25) is 5.02 Å². The first kappa shape index (κ1) is 21.4. The van der Waals surface area contributed by atoms with Crippen molar-refractivity contribution in [2.45, 2.75) is 32.0 Å². The van der Waals surface area contributed by atoms with Crippen LogP contribution in [0.15, 0.2) is 58.5 Å². The Hall–Kier alpha value is -2.31. The first-order valence-electron chi connectivity index (χ1n) is 9.57. The molecule has 0 fully saturated rings. The lowest BCUT2D eigenvalue weighted by Crippen LogP contribution is -2.28. The van der Waals surface area contributed by atoms with Crippen LogP contribution in [0.4, 0.5) is 0 Å². The Bertz CT molecular complexity index is 1050. The van der Waals surface area contributed by atoms with E-state index in [9.17, 15) is 9.59 Å². The van der Waals surface area contributed by atoms with Crippen LogP contribution in [0.25, 0.3) is 10.9 Å². The summed E-state index contributed by atoms with van der Waals surface area (Å²) in [6, 6.07) is 14.6. The van der Waals surface area contributed by atoms with Gasteiger partial charge in [-0.1, -0.05) is 61.5 Å². The van der Waals surface area contributed by atoms with Crippen LogP contribution in [0, 0.1) is 5.92 Å². The van der Waals surface area contributed by atoms with Crippen LogP contribution in [0.3, 0.4) is 0 Å². The van der Waals surface area contributed by atoms with E-state index in [1.807, 2.05) is 30.3 Å². The van der Waals surface area contributed by atoms with Gasteiger partial charge in [-0.2, -0.15) is 0 Å². The van der Waals surface area contributed by atoms with Gasteiger partial charge >= 0.3 is 0 Å². The molecule has 0 radical (unpaired) electrons. The Kier molecular flexibility index (Phi) is 7.34. The molecule has 0 aliphatic carbocycles. The van der Waals surface area contributed by atoms with E-state index >= 15 is 0 Å². The van der Waals surface area contributed by atoms with Crippen LogP contribution < -0.4 is 10.9 Å². The van der Waals surface area contributed by atoms with Gasteiger partial charge in [-0.05, 0) is 42.2 Å². The number of carbonyl (C=O) groups excluding carboxylic acids is 1. The van der Waals surface area contributed by atoms with Gasteiger partial charge < -0.3 is 5.32 Å². The van der Waals surface area contributed by atoms with Gasteiger partial charge in [0.25, 0.3) is 5.56 Å². The predicted octanol–water partition coefficient (Wildman–Crippen LogP) is 4.35. The highest BCUT2D eigenvalue weighted by atomic mass is 35.5. The van der Waals surface area contributed by atoms with Gasteiger partial charge in [-0.3, -0.25) is 14.2 Å². The van der Waals surface area contributed by atoms with E-state index in [2.05, 4.69) is 24.1 Å². The number of amides is 1. The first-order chi connectivity index (χ1) is 13.9. The molecule has 7 heteroatoms. The predicted molar refractivity (Wildman–Crippen MR) is 120 cm³/mol. The second-order valence-electron chi connectivity index (χ2n) is 7.25. The van der Waals surface area contributed by atoms with Gasteiger partial charge in [0.1, 0.15) is 0 Å². The minimum atomic E-state index is -0.117. The summed E-state index contributed by atoms with van der Waals surface area (Å²) in [7, 11) is 0. The van der Waals surface area contributed by atoms with Crippen LogP contribution in [0.1, 0.15) is 25.8 Å². The largest absolute Gasteiger partial charge is 0.355 e. The number of hydrogen-bond acceptors (Lipinski definition) is 4. The van der Waals surface area contributed by atoms with E-state index in [1.54, 1.807) is 22.8 Å². The fraction of sp³-hybridized carbons (Fsp3) is 0.318. The number of fused-ring (bicyclic) bond motifs is 1. The molecule has 0 saturated carbocycles. The Morgan fingerprint density at radius 2 is 1.90 bits per heavy atom. The third kappa shape index (κ3) is 5.84. The molecule has 3 aromatic rings. The Labute approximate surface area is 179 Å². The number of hydrogen-bond donors (Lipinski definition) is 1. The van der Waals surface area contributed by atoms with Crippen LogP contribution >= 0.6 is 23.4 Å². The highest BCUT2D eigenvalue weighted by Crippen LogP contribution is 2.19. The molecule has 2 aromatic carbocycles. The van der Waals surface area contributed by atoms with Crippen molar-refractivity contribution in [3.05, 3.63) is 69.5 Å². The summed E-state index contributed by atoms with van der Waals surface area (Å²) < 4.78 is 1.62. The van der Waals surface area contributed by atoms with Gasteiger partial charge in [0.15, 0.2) is 5.16 Å². The molecule has 0 bridgehead atoms. The summed E-state index contributed by atoms with van der Waals surface area (Å²) in [4.78, 5) is 29.9. The minimum Gasteiger partial charge on any atom is -0.355 e. The third-order valence-electron chi connectivity index (χ3n) is 4.46. The standard InChI is InChI=1S/C22H24ClN3O2S/c1-15(2)11-12-24-20(27)14-29-22-25-19-6-4-3-5-18(19)21(28)26(22)13-16-7-9-17(23)10-8-16/h3-10,15H,11-14H2,1-2H3,(H,24,27). The molecule has 0 aliphatic rings. The van der Waals surface area contributed by atoms with Crippen molar-refractivity contribution in [1.82, 2.24) is 14.9 Å². The molecule has 0 saturated heterocycles. The summed E-state index contributed by atoms with van der Waals surface area (Å²) in [6.45, 7) is 5.26. The molecule has 1 heterocycles. The van der Waals surface area contributed by atoms with Gasteiger partial charge in [0, 0.05) is 11.6 Å². The van der Waals surface area contributed by atoms with Gasteiger partial charge in [-0.15, -0.1) is 0 Å². The Balaban J connectivity index is 1.85. The Morgan fingerprint density at radius 1 is 1.17 bits per heavy atom. The maximum atomic E-state index is 13.1. The number of rotatable bonds is 8. The zero-order valence-corrected chi connectivity index (χ0v) is 18.1. The minimum absolute atomic E-state index is 0.0592. The molecule has 1 N–H and O–H groups in total. The molecule has 0 spiro atoms. The van der Waals surface area contributed by atoms with E-state index in [1.165, 1.54) is 11.8 Å². The van der Waals surface area contributed by atoms with Gasteiger partial charge in [0.2, 0.25) is 5.91 Å². The topological polar surface area (TPSA) is 64.0 Å². The van der Waals surface area contributed by atoms with Crippen LogP contribution in [-0.4, -0.2) is 27.8 Å². The number of aromatic nitrogens is 2. The van der Waals surface area contributed by atoms with E-state index < -0.39 is 0 Å². The Morgan fingerprint density at radius 3 is 2.62 bits per heavy atom. The van der Waals surface area contributed by atoms with E-state index in [0.29, 0.717) is 40.1 Å². The normalized spacial score (nSPS) is 11.2. The number of thioether (sulfide) groups is 1. The van der Waals surface area contributed by atoms with E-state index in [0.717, 1.165) is 12.0 Å². The molecule has 5 nitrogen and oxygen atoms in total. The number of para-hydroxylation sites is 1. The summed E-state index contributed by atoms with van der Waals surface area (Å²) in [6.07, 6.45) is 0.936. The zero-order chi connectivity index (χ0) is 20.8. The fourth-order valence-corrected chi connectivity index (χ4v) is 3.81. The second kappa shape index (κ2) is 9.94.